The Morgan fingerprint density at radius 2 is 1.79 bits per heavy atom. The van der Waals surface area contributed by atoms with Crippen molar-refractivity contribution >= 4 is 43.9 Å². The zero-order valence-corrected chi connectivity index (χ0v) is 25.2. The maximum atomic E-state index is 15.6. The Hall–Kier alpha value is -3.27. The van der Waals surface area contributed by atoms with Gasteiger partial charge >= 0.3 is 0 Å². The number of fused-ring (bicyclic) bond motifs is 1. The molecule has 0 bridgehead atoms. The summed E-state index contributed by atoms with van der Waals surface area (Å²) in [5.74, 6) is -0.827. The van der Waals surface area contributed by atoms with E-state index in [4.69, 9.17) is 11.6 Å². The van der Waals surface area contributed by atoms with Crippen molar-refractivity contribution < 1.29 is 12.8 Å². The summed E-state index contributed by atoms with van der Waals surface area (Å²) in [6.07, 6.45) is 10.5. The first-order valence-electron chi connectivity index (χ1n) is 14.7. The van der Waals surface area contributed by atoms with Gasteiger partial charge in [-0.15, -0.1) is 0 Å². The quantitative estimate of drug-likeness (QED) is 0.230. The lowest BCUT2D eigenvalue weighted by atomic mass is 9.88. The number of hydrogen-bond donors (Lipinski definition) is 1. The van der Waals surface area contributed by atoms with E-state index >= 15 is 4.39 Å². The van der Waals surface area contributed by atoms with Gasteiger partial charge in [0.15, 0.2) is 5.82 Å². The number of nitrogens with zero attached hydrogens (tertiary/aromatic N) is 4. The number of sulfonamides is 1. The summed E-state index contributed by atoms with van der Waals surface area (Å²) in [5, 5.41) is 0.680. The Morgan fingerprint density at radius 1 is 1.05 bits per heavy atom. The van der Waals surface area contributed by atoms with Gasteiger partial charge < -0.3 is 9.80 Å². The summed E-state index contributed by atoms with van der Waals surface area (Å²) in [6, 6.07) is 15.9. The molecule has 0 amide bonds. The van der Waals surface area contributed by atoms with E-state index in [1.54, 1.807) is 36.8 Å². The molecule has 1 N–H and O–H groups in total. The van der Waals surface area contributed by atoms with Gasteiger partial charge in [0.1, 0.15) is 6.33 Å². The van der Waals surface area contributed by atoms with Gasteiger partial charge in [0.2, 0.25) is 0 Å². The van der Waals surface area contributed by atoms with Crippen molar-refractivity contribution in [3.05, 3.63) is 78.0 Å². The second-order valence-electron chi connectivity index (χ2n) is 11.2. The molecule has 7 nitrogen and oxygen atoms in total. The second-order valence-corrected chi connectivity index (χ2v) is 13.2. The van der Waals surface area contributed by atoms with E-state index in [-0.39, 0.29) is 15.6 Å². The zero-order valence-electron chi connectivity index (χ0n) is 23.6. The second kappa shape index (κ2) is 12.1. The molecule has 2 aliphatic rings. The first-order valence-corrected chi connectivity index (χ1v) is 16.5. The summed E-state index contributed by atoms with van der Waals surface area (Å²) in [7, 11) is -3.98. The van der Waals surface area contributed by atoms with Crippen molar-refractivity contribution in [1.82, 2.24) is 14.9 Å². The molecule has 1 aliphatic carbocycles. The van der Waals surface area contributed by atoms with Crippen molar-refractivity contribution in [2.24, 2.45) is 0 Å². The summed E-state index contributed by atoms with van der Waals surface area (Å²) >= 11 is 6.59. The van der Waals surface area contributed by atoms with Gasteiger partial charge in [-0.3, -0.25) is 4.72 Å². The van der Waals surface area contributed by atoms with Crippen molar-refractivity contribution in [1.29, 1.82) is 0 Å². The van der Waals surface area contributed by atoms with Crippen LogP contribution in [0, 0.1) is 5.82 Å². The molecule has 0 unspecified atom stereocenters. The summed E-state index contributed by atoms with van der Waals surface area (Å²) in [5.41, 5.74) is 2.81. The lowest BCUT2D eigenvalue weighted by molar-refractivity contribution is 0.180. The third kappa shape index (κ3) is 5.70. The monoisotopic (exact) mass is 607 g/mol. The van der Waals surface area contributed by atoms with E-state index < -0.39 is 15.8 Å². The number of anilines is 2. The predicted molar refractivity (Wildman–Crippen MR) is 167 cm³/mol. The third-order valence-corrected chi connectivity index (χ3v) is 10.4. The molecule has 10 heteroatoms. The van der Waals surface area contributed by atoms with Crippen molar-refractivity contribution in [2.75, 3.05) is 29.3 Å². The van der Waals surface area contributed by atoms with Gasteiger partial charge in [0.25, 0.3) is 10.0 Å². The number of halogens is 2. The Morgan fingerprint density at radius 3 is 2.50 bits per heavy atom. The molecular weight excluding hydrogens is 573 g/mol. The molecule has 1 aliphatic heterocycles. The molecule has 6 rings (SSSR count). The van der Waals surface area contributed by atoms with Crippen LogP contribution in [0.5, 0.6) is 0 Å². The molecule has 2 fully saturated rings. The summed E-state index contributed by atoms with van der Waals surface area (Å²) < 4.78 is 43.6. The largest absolute Gasteiger partial charge is 0.367 e. The number of likely N-dealkylation sites (tertiary alicyclic amines) is 1. The van der Waals surface area contributed by atoms with E-state index in [0.29, 0.717) is 17.6 Å². The minimum absolute atomic E-state index is 0.0397. The van der Waals surface area contributed by atoms with Crippen LogP contribution >= 0.6 is 11.6 Å². The summed E-state index contributed by atoms with van der Waals surface area (Å²) in [4.78, 5) is 14.0. The molecule has 3 aromatic carbocycles. The number of nitrogens with one attached hydrogen (secondary N) is 1. The Kier molecular flexibility index (Phi) is 8.34. The zero-order chi connectivity index (χ0) is 29.3. The van der Waals surface area contributed by atoms with E-state index in [9.17, 15) is 8.42 Å². The first kappa shape index (κ1) is 28.8. The van der Waals surface area contributed by atoms with Crippen LogP contribution in [-0.2, 0) is 10.0 Å². The molecule has 2 heterocycles. The molecule has 0 atom stereocenters. The fraction of sp³-hybridized carbons (Fsp3) is 0.375. The smallest absolute Gasteiger partial charge is 0.261 e. The van der Waals surface area contributed by atoms with Crippen LogP contribution < -0.4 is 9.62 Å². The van der Waals surface area contributed by atoms with E-state index in [1.165, 1.54) is 57.0 Å². The minimum atomic E-state index is -3.98. The van der Waals surface area contributed by atoms with Crippen molar-refractivity contribution in [2.45, 2.75) is 62.4 Å². The van der Waals surface area contributed by atoms with Gasteiger partial charge in [-0.2, -0.15) is 0 Å². The van der Waals surface area contributed by atoms with Crippen LogP contribution in [0.3, 0.4) is 0 Å². The first-order chi connectivity index (χ1) is 20.4. The molecular formula is C32H35ClFN5O2S. The van der Waals surface area contributed by atoms with Gasteiger partial charge in [0, 0.05) is 35.8 Å². The third-order valence-electron chi connectivity index (χ3n) is 8.69. The highest BCUT2D eigenvalue weighted by molar-refractivity contribution is 7.92. The number of hydrogen-bond acceptors (Lipinski definition) is 6. The van der Waals surface area contributed by atoms with Gasteiger partial charge in [-0.1, -0.05) is 35.9 Å². The maximum Gasteiger partial charge on any atom is 0.261 e. The Balaban J connectivity index is 1.32. The van der Waals surface area contributed by atoms with Gasteiger partial charge in [0.05, 0.1) is 26.8 Å². The molecule has 220 valence electrons. The standard InChI is InChI=1S/C32H35ClFN5O2S/c1-2-39(25-12-10-24(11-13-25)38-16-6-7-17-38)29-19-22(18-23-20-35-21-36-32(23)29)27-14-15-28(31(34)30(27)33)37-42(40,41)26-8-4-3-5-9-26/h3-5,8-9,14-15,18-21,24-25,37H,2,6-7,10-13,16-17H2,1H3. The highest BCUT2D eigenvalue weighted by Gasteiger charge is 2.31. The van der Waals surface area contributed by atoms with Crippen molar-refractivity contribution in [3.63, 3.8) is 0 Å². The predicted octanol–water partition coefficient (Wildman–Crippen LogP) is 7.12. The molecule has 1 aromatic heterocycles. The molecule has 0 spiro atoms. The Bertz CT molecular complexity index is 1670. The van der Waals surface area contributed by atoms with E-state index in [0.717, 1.165) is 41.5 Å². The fourth-order valence-electron chi connectivity index (χ4n) is 6.58. The molecule has 42 heavy (non-hydrogen) atoms. The number of benzene rings is 3. The summed E-state index contributed by atoms with van der Waals surface area (Å²) in [6.45, 7) is 5.41. The lowest BCUT2D eigenvalue weighted by Gasteiger charge is -2.40. The molecule has 1 saturated carbocycles. The lowest BCUT2D eigenvalue weighted by Crippen LogP contribution is -2.43. The van der Waals surface area contributed by atoms with Crippen LogP contribution in [0.15, 0.2) is 72.0 Å². The molecule has 0 radical (unpaired) electrons. The van der Waals surface area contributed by atoms with E-state index in [1.807, 2.05) is 12.1 Å². The van der Waals surface area contributed by atoms with Crippen LogP contribution in [0.4, 0.5) is 15.8 Å². The van der Waals surface area contributed by atoms with Crippen LogP contribution in [0.2, 0.25) is 5.02 Å². The average Bonchev–Trinajstić information content (AvgIpc) is 3.56. The van der Waals surface area contributed by atoms with Gasteiger partial charge in [-0.25, -0.2) is 22.8 Å². The number of aromatic nitrogens is 2. The van der Waals surface area contributed by atoms with E-state index in [2.05, 4.69) is 31.4 Å². The highest BCUT2D eigenvalue weighted by Crippen LogP contribution is 2.40. The topological polar surface area (TPSA) is 78.4 Å². The minimum Gasteiger partial charge on any atom is -0.367 e. The normalized spacial score (nSPS) is 19.7. The molecule has 1 saturated heterocycles. The van der Waals surface area contributed by atoms with Crippen LogP contribution in [0.1, 0.15) is 45.4 Å². The number of rotatable bonds is 8. The molecule has 4 aromatic rings. The van der Waals surface area contributed by atoms with Crippen molar-refractivity contribution in [3.8, 4) is 11.1 Å². The van der Waals surface area contributed by atoms with Gasteiger partial charge in [-0.05, 0) is 94.4 Å². The Labute approximate surface area is 251 Å². The average molecular weight is 608 g/mol. The maximum absolute atomic E-state index is 15.6. The fourth-order valence-corrected chi connectivity index (χ4v) is 7.94. The highest BCUT2D eigenvalue weighted by atomic mass is 35.5. The van der Waals surface area contributed by atoms with Crippen LogP contribution in [-0.4, -0.2) is 55.0 Å². The SMILES string of the molecule is CCN(c1cc(-c2ccc(NS(=O)(=O)c3ccccc3)c(F)c2Cl)cc2cncnc12)C1CCC(N2CCCC2)CC1. The van der Waals surface area contributed by atoms with Crippen LogP contribution in [0.25, 0.3) is 22.0 Å².